The van der Waals surface area contributed by atoms with Crippen LogP contribution in [0, 0.1) is 6.92 Å². The molecule has 0 radical (unpaired) electrons. The summed E-state index contributed by atoms with van der Waals surface area (Å²) >= 11 is 0. The normalized spacial score (nSPS) is 15.2. The number of ether oxygens (including phenoxy) is 3. The third-order valence-electron chi connectivity index (χ3n) is 5.13. The molecular formula is C19H30N6O4. The maximum atomic E-state index is 12.6. The molecule has 0 atom stereocenters. The molecule has 1 aliphatic rings. The van der Waals surface area contributed by atoms with Gasteiger partial charge in [-0.15, -0.1) is 0 Å². The second-order valence-corrected chi connectivity index (χ2v) is 7.09. The predicted octanol–water partition coefficient (Wildman–Crippen LogP) is 0.736. The fraction of sp³-hybridized carbons (Fsp3) is 0.684. The van der Waals surface area contributed by atoms with Gasteiger partial charge in [0, 0.05) is 47.5 Å². The van der Waals surface area contributed by atoms with Crippen molar-refractivity contribution in [3.63, 3.8) is 0 Å². The van der Waals surface area contributed by atoms with E-state index in [2.05, 4.69) is 19.9 Å². The molecule has 1 fully saturated rings. The highest BCUT2D eigenvalue weighted by Crippen LogP contribution is 2.27. The second kappa shape index (κ2) is 9.95. The van der Waals surface area contributed by atoms with Crippen molar-refractivity contribution in [1.82, 2.24) is 19.9 Å². The third kappa shape index (κ3) is 5.01. The molecule has 3 heterocycles. The number of nitrogens with zero attached hydrogens (tertiary/aromatic N) is 5. The first kappa shape index (κ1) is 21.4. The van der Waals surface area contributed by atoms with E-state index in [0.29, 0.717) is 54.9 Å². The van der Waals surface area contributed by atoms with Crippen LogP contribution in [0.2, 0.25) is 0 Å². The number of nitrogens with one attached hydrogen (secondary N) is 1. The van der Waals surface area contributed by atoms with E-state index in [0.717, 1.165) is 25.9 Å². The molecule has 1 N–H and O–H groups in total. The lowest BCUT2D eigenvalue weighted by Gasteiger charge is -2.33. The highest BCUT2D eigenvalue weighted by atomic mass is 16.5. The summed E-state index contributed by atoms with van der Waals surface area (Å²) in [7, 11) is 5.05. The minimum absolute atomic E-state index is 0.247. The Kier molecular flexibility index (Phi) is 7.34. The lowest BCUT2D eigenvalue weighted by Crippen LogP contribution is -2.38. The topological polar surface area (TPSA) is 106 Å². The molecule has 0 unspecified atom stereocenters. The molecule has 0 saturated carbocycles. The number of H-pyrrole nitrogens is 1. The summed E-state index contributed by atoms with van der Waals surface area (Å²) in [4.78, 5) is 33.5. The molecule has 1 saturated heterocycles. The summed E-state index contributed by atoms with van der Waals surface area (Å²) in [6, 6.07) is 0. The van der Waals surface area contributed by atoms with Crippen LogP contribution in [-0.2, 0) is 14.2 Å². The molecule has 10 nitrogen and oxygen atoms in total. The Hall–Kier alpha value is -2.30. The Morgan fingerprint density at radius 1 is 1.03 bits per heavy atom. The van der Waals surface area contributed by atoms with Gasteiger partial charge in [0.1, 0.15) is 11.3 Å². The average molecular weight is 406 g/mol. The fourth-order valence-electron chi connectivity index (χ4n) is 3.49. The minimum Gasteiger partial charge on any atom is -0.383 e. The molecular weight excluding hydrogens is 376 g/mol. The van der Waals surface area contributed by atoms with Gasteiger partial charge in [0.05, 0.1) is 19.3 Å². The number of hydrogen-bond acceptors (Lipinski definition) is 9. The van der Waals surface area contributed by atoms with E-state index in [1.165, 1.54) is 0 Å². The Balaban J connectivity index is 2.06. The molecule has 29 heavy (non-hydrogen) atoms. The van der Waals surface area contributed by atoms with Gasteiger partial charge < -0.3 is 29.0 Å². The van der Waals surface area contributed by atoms with Gasteiger partial charge in [0.25, 0.3) is 5.56 Å². The standard InChI is InChI=1S/C19H30N6O4/c1-13-20-15-16(18(26)21-13)22-19(25(9-11-27-2)10-12-28-3)23-17(15)24-7-5-14(29-4)6-8-24/h14H,5-12H2,1-4H3,(H,20,21,26). The van der Waals surface area contributed by atoms with Gasteiger partial charge in [-0.25, -0.2) is 9.97 Å². The van der Waals surface area contributed by atoms with Crippen LogP contribution >= 0.6 is 0 Å². The van der Waals surface area contributed by atoms with Gasteiger partial charge in [-0.1, -0.05) is 0 Å². The molecule has 2 aromatic heterocycles. The van der Waals surface area contributed by atoms with Crippen molar-refractivity contribution in [1.29, 1.82) is 0 Å². The summed E-state index contributed by atoms with van der Waals surface area (Å²) < 4.78 is 15.9. The van der Waals surface area contributed by atoms with E-state index in [1.54, 1.807) is 28.3 Å². The van der Waals surface area contributed by atoms with Gasteiger partial charge in [-0.05, 0) is 19.8 Å². The van der Waals surface area contributed by atoms with E-state index in [9.17, 15) is 4.79 Å². The highest BCUT2D eigenvalue weighted by molar-refractivity contribution is 5.86. The largest absolute Gasteiger partial charge is 0.383 e. The van der Waals surface area contributed by atoms with E-state index < -0.39 is 0 Å². The number of aromatic nitrogens is 4. The number of fused-ring (bicyclic) bond motifs is 1. The van der Waals surface area contributed by atoms with Crippen molar-refractivity contribution in [2.75, 3.05) is 70.5 Å². The van der Waals surface area contributed by atoms with Crippen molar-refractivity contribution in [3.8, 4) is 0 Å². The van der Waals surface area contributed by atoms with Gasteiger partial charge in [0.15, 0.2) is 11.3 Å². The van der Waals surface area contributed by atoms with Gasteiger partial charge >= 0.3 is 0 Å². The fourth-order valence-corrected chi connectivity index (χ4v) is 3.49. The van der Waals surface area contributed by atoms with Crippen LogP contribution in [0.15, 0.2) is 4.79 Å². The smallest absolute Gasteiger partial charge is 0.277 e. The lowest BCUT2D eigenvalue weighted by molar-refractivity contribution is 0.0818. The van der Waals surface area contributed by atoms with Gasteiger partial charge in [0.2, 0.25) is 5.95 Å². The number of hydrogen-bond donors (Lipinski definition) is 1. The minimum atomic E-state index is -0.261. The van der Waals surface area contributed by atoms with Crippen molar-refractivity contribution in [2.45, 2.75) is 25.9 Å². The third-order valence-corrected chi connectivity index (χ3v) is 5.13. The first-order valence-corrected chi connectivity index (χ1v) is 9.86. The molecule has 0 aromatic carbocycles. The lowest BCUT2D eigenvalue weighted by atomic mass is 10.1. The first-order chi connectivity index (χ1) is 14.1. The molecule has 3 rings (SSSR count). The molecule has 0 amide bonds. The van der Waals surface area contributed by atoms with Crippen molar-refractivity contribution >= 4 is 22.8 Å². The van der Waals surface area contributed by atoms with E-state index >= 15 is 0 Å². The summed E-state index contributed by atoms with van der Waals surface area (Å²) in [6.45, 7) is 5.55. The van der Waals surface area contributed by atoms with E-state index in [-0.39, 0.29) is 11.7 Å². The molecule has 10 heteroatoms. The molecule has 0 spiro atoms. The van der Waals surface area contributed by atoms with Gasteiger partial charge in [-0.3, -0.25) is 4.79 Å². The monoisotopic (exact) mass is 406 g/mol. The van der Waals surface area contributed by atoms with Crippen molar-refractivity contribution in [3.05, 3.63) is 16.2 Å². The predicted molar refractivity (Wildman–Crippen MR) is 111 cm³/mol. The molecule has 2 aromatic rings. The number of piperidine rings is 1. The Labute approximate surface area is 170 Å². The number of aromatic amines is 1. The van der Waals surface area contributed by atoms with Crippen molar-refractivity contribution in [2.24, 2.45) is 0 Å². The quantitative estimate of drug-likeness (QED) is 0.645. The zero-order valence-electron chi connectivity index (χ0n) is 17.6. The van der Waals surface area contributed by atoms with E-state index in [4.69, 9.17) is 19.2 Å². The molecule has 0 aliphatic carbocycles. The molecule has 1 aliphatic heterocycles. The summed E-state index contributed by atoms with van der Waals surface area (Å²) in [5.74, 6) is 1.71. The summed E-state index contributed by atoms with van der Waals surface area (Å²) in [5.41, 5.74) is 0.566. The van der Waals surface area contributed by atoms with Gasteiger partial charge in [-0.2, -0.15) is 4.98 Å². The Morgan fingerprint density at radius 3 is 2.28 bits per heavy atom. The second-order valence-electron chi connectivity index (χ2n) is 7.09. The summed E-state index contributed by atoms with van der Waals surface area (Å²) in [5, 5.41) is 0. The zero-order chi connectivity index (χ0) is 20.8. The average Bonchev–Trinajstić information content (AvgIpc) is 2.73. The molecule has 160 valence electrons. The van der Waals surface area contributed by atoms with Crippen LogP contribution < -0.4 is 15.4 Å². The Bertz CT molecular complexity index is 858. The van der Waals surface area contributed by atoms with Crippen LogP contribution in [0.4, 0.5) is 11.8 Å². The van der Waals surface area contributed by atoms with Crippen molar-refractivity contribution < 1.29 is 14.2 Å². The van der Waals surface area contributed by atoms with Crippen LogP contribution in [0.3, 0.4) is 0 Å². The first-order valence-electron chi connectivity index (χ1n) is 9.86. The number of methoxy groups -OCH3 is 3. The van der Waals surface area contributed by atoms with Crippen LogP contribution in [0.25, 0.3) is 11.0 Å². The number of rotatable bonds is 9. The highest BCUT2D eigenvalue weighted by Gasteiger charge is 2.25. The van der Waals surface area contributed by atoms with Crippen LogP contribution in [0.5, 0.6) is 0 Å². The maximum absolute atomic E-state index is 12.6. The Morgan fingerprint density at radius 2 is 1.69 bits per heavy atom. The van der Waals surface area contributed by atoms with Crippen LogP contribution in [0.1, 0.15) is 18.7 Å². The molecule has 0 bridgehead atoms. The number of aryl methyl sites for hydroxylation is 1. The maximum Gasteiger partial charge on any atom is 0.277 e. The van der Waals surface area contributed by atoms with Crippen LogP contribution in [-0.4, -0.2) is 86.8 Å². The van der Waals surface area contributed by atoms with E-state index in [1.807, 2.05) is 4.90 Å². The summed E-state index contributed by atoms with van der Waals surface area (Å²) in [6.07, 6.45) is 2.05. The number of anilines is 2. The SMILES string of the molecule is COCCN(CCOC)c1nc(N2CCC(OC)CC2)c2nc(C)[nH]c(=O)c2n1. The zero-order valence-corrected chi connectivity index (χ0v) is 17.6.